The van der Waals surface area contributed by atoms with Gasteiger partial charge in [0.15, 0.2) is 0 Å². The highest BCUT2D eigenvalue weighted by Crippen LogP contribution is 2.23. The first-order chi connectivity index (χ1) is 8.70. The number of nitrogens with zero attached hydrogens (tertiary/aromatic N) is 1. The van der Waals surface area contributed by atoms with Crippen LogP contribution in [0.5, 0.6) is 0 Å². The van der Waals surface area contributed by atoms with Crippen LogP contribution >= 0.6 is 34.4 Å². The molecule has 1 aromatic heterocycles. The summed E-state index contributed by atoms with van der Waals surface area (Å²) in [5.41, 5.74) is 2.24. The fraction of sp³-hybridized carbons (Fsp3) is 0.357. The number of pyridine rings is 1. The molecule has 0 aliphatic rings. The van der Waals surface area contributed by atoms with Crippen molar-refractivity contribution in [2.75, 3.05) is 18.1 Å². The molecule has 1 unspecified atom stereocenters. The van der Waals surface area contributed by atoms with Crippen molar-refractivity contribution in [3.63, 3.8) is 0 Å². The van der Waals surface area contributed by atoms with Crippen LogP contribution in [0.25, 0.3) is 10.9 Å². The van der Waals surface area contributed by atoms with Gasteiger partial charge in [-0.1, -0.05) is 6.92 Å². The molecule has 1 aromatic carbocycles. The van der Waals surface area contributed by atoms with Gasteiger partial charge in [-0.2, -0.15) is 11.8 Å². The smallest absolute Gasteiger partial charge is 0.0733 e. The monoisotopic (exact) mass is 372 g/mol. The summed E-state index contributed by atoms with van der Waals surface area (Å²) in [7, 11) is 0. The Balaban J connectivity index is 2.13. The van der Waals surface area contributed by atoms with Gasteiger partial charge in [0, 0.05) is 32.6 Å². The molecule has 0 amide bonds. The summed E-state index contributed by atoms with van der Waals surface area (Å²) in [6, 6.07) is 8.44. The first-order valence-corrected chi connectivity index (χ1v) is 8.38. The molecule has 1 heterocycles. The van der Waals surface area contributed by atoms with E-state index < -0.39 is 0 Å². The van der Waals surface area contributed by atoms with Crippen molar-refractivity contribution < 1.29 is 0 Å². The number of hydrogen-bond acceptors (Lipinski definition) is 3. The van der Waals surface area contributed by atoms with E-state index >= 15 is 0 Å². The van der Waals surface area contributed by atoms with Gasteiger partial charge in [-0.3, -0.25) is 4.98 Å². The van der Waals surface area contributed by atoms with Crippen LogP contribution in [0.2, 0.25) is 0 Å². The van der Waals surface area contributed by atoms with E-state index in [1.165, 1.54) is 21.1 Å². The standard InChI is InChI=1S/C14H17IN2S/c1-10(18-2)5-7-16-13-6-8-17-14-9-11(15)3-4-12(13)14/h3-4,6,8-10H,5,7H2,1-2H3,(H,16,17). The summed E-state index contributed by atoms with van der Waals surface area (Å²) in [4.78, 5) is 4.41. The zero-order chi connectivity index (χ0) is 13.0. The molecule has 4 heteroatoms. The van der Waals surface area contributed by atoms with Gasteiger partial charge in [0.05, 0.1) is 5.52 Å². The molecule has 0 fully saturated rings. The molecule has 0 saturated heterocycles. The second-order valence-corrected chi connectivity index (χ2v) is 6.80. The third-order valence-electron chi connectivity index (χ3n) is 2.97. The number of rotatable bonds is 5. The molecule has 96 valence electrons. The van der Waals surface area contributed by atoms with Gasteiger partial charge in [-0.15, -0.1) is 0 Å². The van der Waals surface area contributed by atoms with Crippen LogP contribution in [0, 0.1) is 3.57 Å². The fourth-order valence-electron chi connectivity index (χ4n) is 1.80. The molecule has 1 atom stereocenters. The van der Waals surface area contributed by atoms with Crippen LogP contribution in [0.1, 0.15) is 13.3 Å². The zero-order valence-electron chi connectivity index (χ0n) is 10.6. The summed E-state index contributed by atoms with van der Waals surface area (Å²) in [6.07, 6.45) is 5.21. The number of anilines is 1. The lowest BCUT2D eigenvalue weighted by atomic mass is 10.2. The molecule has 0 aliphatic carbocycles. The quantitative estimate of drug-likeness (QED) is 0.788. The summed E-state index contributed by atoms with van der Waals surface area (Å²) in [5.74, 6) is 0. The minimum Gasteiger partial charge on any atom is -0.384 e. The SMILES string of the molecule is CSC(C)CCNc1ccnc2cc(I)ccc12. The van der Waals surface area contributed by atoms with Crippen LogP contribution in [0.15, 0.2) is 30.5 Å². The van der Waals surface area contributed by atoms with Crippen LogP contribution in [0.4, 0.5) is 5.69 Å². The van der Waals surface area contributed by atoms with Crippen molar-refractivity contribution in [1.29, 1.82) is 0 Å². The second-order valence-electron chi connectivity index (χ2n) is 4.28. The third-order valence-corrected chi connectivity index (χ3v) is 4.68. The maximum absolute atomic E-state index is 4.41. The number of thioether (sulfide) groups is 1. The van der Waals surface area contributed by atoms with Crippen molar-refractivity contribution >= 4 is 50.9 Å². The first kappa shape index (κ1) is 13.9. The summed E-state index contributed by atoms with van der Waals surface area (Å²) < 4.78 is 1.22. The molecule has 0 spiro atoms. The summed E-state index contributed by atoms with van der Waals surface area (Å²) >= 11 is 4.23. The lowest BCUT2D eigenvalue weighted by molar-refractivity contribution is 0.854. The van der Waals surface area contributed by atoms with Crippen molar-refractivity contribution in [3.8, 4) is 0 Å². The number of halogens is 1. The minimum absolute atomic E-state index is 0.701. The number of fused-ring (bicyclic) bond motifs is 1. The zero-order valence-corrected chi connectivity index (χ0v) is 13.6. The van der Waals surface area contributed by atoms with E-state index in [-0.39, 0.29) is 0 Å². The van der Waals surface area contributed by atoms with Gasteiger partial charge in [0.1, 0.15) is 0 Å². The van der Waals surface area contributed by atoms with Crippen LogP contribution in [0.3, 0.4) is 0 Å². The Morgan fingerprint density at radius 3 is 3.00 bits per heavy atom. The van der Waals surface area contributed by atoms with E-state index in [4.69, 9.17) is 0 Å². The van der Waals surface area contributed by atoms with E-state index in [9.17, 15) is 0 Å². The highest BCUT2D eigenvalue weighted by Gasteiger charge is 2.03. The van der Waals surface area contributed by atoms with Gasteiger partial charge in [0.2, 0.25) is 0 Å². The van der Waals surface area contributed by atoms with Gasteiger partial charge in [-0.05, 0) is 59.5 Å². The van der Waals surface area contributed by atoms with Crippen molar-refractivity contribution in [1.82, 2.24) is 4.98 Å². The predicted octanol–water partition coefficient (Wildman–Crippen LogP) is 4.39. The minimum atomic E-state index is 0.701. The third kappa shape index (κ3) is 3.51. The fourth-order valence-corrected chi connectivity index (χ4v) is 2.63. The maximum Gasteiger partial charge on any atom is 0.0733 e. The Morgan fingerprint density at radius 1 is 1.39 bits per heavy atom. The highest BCUT2D eigenvalue weighted by molar-refractivity contribution is 14.1. The Labute approximate surface area is 126 Å². The van der Waals surface area contributed by atoms with E-state index in [0.29, 0.717) is 5.25 Å². The van der Waals surface area contributed by atoms with Crippen molar-refractivity contribution in [2.45, 2.75) is 18.6 Å². The molecule has 2 aromatic rings. The second kappa shape index (κ2) is 6.61. The molecule has 0 bridgehead atoms. The Kier molecular flexibility index (Phi) is 5.12. The normalized spacial score (nSPS) is 12.6. The predicted molar refractivity (Wildman–Crippen MR) is 90.5 cm³/mol. The van der Waals surface area contributed by atoms with E-state index in [1.807, 2.05) is 18.0 Å². The number of nitrogens with one attached hydrogen (secondary N) is 1. The van der Waals surface area contributed by atoms with Crippen LogP contribution in [-0.4, -0.2) is 23.0 Å². The number of hydrogen-bond donors (Lipinski definition) is 1. The molecule has 2 rings (SSSR count). The topological polar surface area (TPSA) is 24.9 Å². The Hall–Kier alpha value is -0.490. The van der Waals surface area contributed by atoms with E-state index in [0.717, 1.165) is 12.1 Å². The molecule has 2 nitrogen and oxygen atoms in total. The largest absolute Gasteiger partial charge is 0.384 e. The molecule has 0 radical (unpaired) electrons. The van der Waals surface area contributed by atoms with Gasteiger partial charge >= 0.3 is 0 Å². The van der Waals surface area contributed by atoms with Gasteiger partial charge in [0.25, 0.3) is 0 Å². The Morgan fingerprint density at radius 2 is 2.22 bits per heavy atom. The Bertz CT molecular complexity index is 530. The number of benzene rings is 1. The van der Waals surface area contributed by atoms with Gasteiger partial charge < -0.3 is 5.32 Å². The van der Waals surface area contributed by atoms with Crippen LogP contribution in [-0.2, 0) is 0 Å². The highest BCUT2D eigenvalue weighted by atomic mass is 127. The van der Waals surface area contributed by atoms with E-state index in [1.54, 1.807) is 0 Å². The van der Waals surface area contributed by atoms with Crippen molar-refractivity contribution in [3.05, 3.63) is 34.0 Å². The molecular weight excluding hydrogens is 355 g/mol. The van der Waals surface area contributed by atoms with Crippen LogP contribution < -0.4 is 5.32 Å². The lowest BCUT2D eigenvalue weighted by Gasteiger charge is -2.12. The average Bonchev–Trinajstić information content (AvgIpc) is 2.38. The molecule has 0 aliphatic heterocycles. The summed E-state index contributed by atoms with van der Waals surface area (Å²) in [5, 5.41) is 5.42. The number of aromatic nitrogens is 1. The summed E-state index contributed by atoms with van der Waals surface area (Å²) in [6.45, 7) is 3.27. The maximum atomic E-state index is 4.41. The molecule has 18 heavy (non-hydrogen) atoms. The van der Waals surface area contributed by atoms with Gasteiger partial charge in [-0.25, -0.2) is 0 Å². The van der Waals surface area contributed by atoms with E-state index in [2.05, 4.69) is 70.3 Å². The molecule has 1 N–H and O–H groups in total. The lowest BCUT2D eigenvalue weighted by Crippen LogP contribution is -2.08. The molecular formula is C14H17IN2S. The van der Waals surface area contributed by atoms with Crippen molar-refractivity contribution in [2.24, 2.45) is 0 Å². The average molecular weight is 372 g/mol. The first-order valence-electron chi connectivity index (χ1n) is 6.01. The molecule has 0 saturated carbocycles.